The van der Waals surface area contributed by atoms with E-state index < -0.39 is 0 Å². The second-order valence-corrected chi connectivity index (χ2v) is 8.44. The minimum Gasteiger partial charge on any atom is -0.354 e. The summed E-state index contributed by atoms with van der Waals surface area (Å²) in [4.78, 5) is 21.5. The molecule has 2 aliphatic rings. The van der Waals surface area contributed by atoms with Gasteiger partial charge in [-0.1, -0.05) is 54.6 Å². The number of hydrogen-bond donors (Lipinski definition) is 2. The van der Waals surface area contributed by atoms with E-state index in [9.17, 15) is 4.79 Å². The number of guanidine groups is 1. The van der Waals surface area contributed by atoms with Crippen LogP contribution in [0, 0.1) is 0 Å². The number of halogens is 1. The highest BCUT2D eigenvalue weighted by Gasteiger charge is 2.22. The Morgan fingerprint density at radius 1 is 1.00 bits per heavy atom. The number of hydrogen-bond acceptors (Lipinski definition) is 3. The molecule has 0 radical (unpaired) electrons. The highest BCUT2D eigenvalue weighted by molar-refractivity contribution is 14.0. The van der Waals surface area contributed by atoms with Gasteiger partial charge in [-0.25, -0.2) is 0 Å². The summed E-state index contributed by atoms with van der Waals surface area (Å²) in [5, 5.41) is 6.73. The molecule has 1 fully saturated rings. The van der Waals surface area contributed by atoms with Gasteiger partial charge in [0.1, 0.15) is 0 Å². The Kier molecular flexibility index (Phi) is 9.35. The Morgan fingerprint density at radius 3 is 2.41 bits per heavy atom. The quantitative estimate of drug-likeness (QED) is 0.344. The van der Waals surface area contributed by atoms with Crippen LogP contribution in [-0.4, -0.2) is 60.9 Å². The maximum absolute atomic E-state index is 12.7. The first-order valence-electron chi connectivity index (χ1n) is 11.3. The van der Waals surface area contributed by atoms with Crippen molar-refractivity contribution in [3.63, 3.8) is 0 Å². The molecule has 0 aromatic heterocycles. The van der Waals surface area contributed by atoms with Gasteiger partial charge >= 0.3 is 0 Å². The monoisotopic (exact) mass is 547 g/mol. The number of aliphatic imine (C=N–C) groups is 1. The molecule has 2 heterocycles. The second kappa shape index (κ2) is 12.2. The number of benzene rings is 2. The van der Waals surface area contributed by atoms with Gasteiger partial charge in [0.25, 0.3) is 0 Å². The number of nitrogens with one attached hydrogen (secondary N) is 2. The van der Waals surface area contributed by atoms with E-state index in [4.69, 9.17) is 0 Å². The van der Waals surface area contributed by atoms with Crippen molar-refractivity contribution in [1.29, 1.82) is 0 Å². The molecule has 0 saturated carbocycles. The highest BCUT2D eigenvalue weighted by atomic mass is 127. The Hall–Kier alpha value is -2.13. The van der Waals surface area contributed by atoms with Crippen molar-refractivity contribution in [2.45, 2.75) is 38.4 Å². The third-order valence-electron chi connectivity index (χ3n) is 6.29. The maximum atomic E-state index is 12.7. The van der Waals surface area contributed by atoms with Crippen LogP contribution in [0.1, 0.15) is 29.5 Å². The Morgan fingerprint density at radius 2 is 1.69 bits per heavy atom. The van der Waals surface area contributed by atoms with Crippen molar-refractivity contribution < 1.29 is 4.79 Å². The van der Waals surface area contributed by atoms with Gasteiger partial charge in [-0.2, -0.15) is 0 Å². The summed E-state index contributed by atoms with van der Waals surface area (Å²) in [7, 11) is 1.77. The smallest absolute Gasteiger partial charge is 0.242 e. The van der Waals surface area contributed by atoms with E-state index in [0.717, 1.165) is 45.4 Å². The van der Waals surface area contributed by atoms with Gasteiger partial charge in [-0.3, -0.25) is 14.7 Å². The van der Waals surface area contributed by atoms with Gasteiger partial charge in [0.15, 0.2) is 5.96 Å². The SMILES string of the molecule is CN=C(NCC(=O)N1CCc2ccccc2C1)NC1CCN(Cc2ccccc2)CC1.I. The van der Waals surface area contributed by atoms with Crippen LogP contribution >= 0.6 is 24.0 Å². The van der Waals surface area contributed by atoms with Gasteiger partial charge in [0.05, 0.1) is 6.54 Å². The third kappa shape index (κ3) is 6.68. The summed E-state index contributed by atoms with van der Waals surface area (Å²) in [5.74, 6) is 0.836. The number of likely N-dealkylation sites (tertiary alicyclic amines) is 1. The first-order valence-corrected chi connectivity index (χ1v) is 11.3. The van der Waals surface area contributed by atoms with E-state index in [1.165, 1.54) is 16.7 Å². The molecule has 0 bridgehead atoms. The zero-order valence-corrected chi connectivity index (χ0v) is 21.1. The summed E-state index contributed by atoms with van der Waals surface area (Å²) in [6.45, 7) is 4.89. The molecular weight excluding hydrogens is 513 g/mol. The molecule has 32 heavy (non-hydrogen) atoms. The number of nitrogens with zero attached hydrogens (tertiary/aromatic N) is 3. The first kappa shape index (κ1) is 24.5. The van der Waals surface area contributed by atoms with E-state index in [1.54, 1.807) is 7.05 Å². The van der Waals surface area contributed by atoms with E-state index in [1.807, 2.05) is 11.0 Å². The van der Waals surface area contributed by atoms with E-state index in [2.05, 4.69) is 69.1 Å². The van der Waals surface area contributed by atoms with Crippen LogP contribution in [0.3, 0.4) is 0 Å². The Labute approximate surface area is 208 Å². The minimum atomic E-state index is 0. The fourth-order valence-electron chi connectivity index (χ4n) is 4.44. The lowest BCUT2D eigenvalue weighted by Gasteiger charge is -2.33. The van der Waals surface area contributed by atoms with Gasteiger partial charge in [-0.05, 0) is 36.0 Å². The van der Waals surface area contributed by atoms with E-state index >= 15 is 0 Å². The Bertz CT molecular complexity index is 896. The zero-order chi connectivity index (χ0) is 21.5. The number of piperidine rings is 1. The fourth-order valence-corrected chi connectivity index (χ4v) is 4.44. The highest BCUT2D eigenvalue weighted by Crippen LogP contribution is 2.18. The molecule has 4 rings (SSSR count). The fraction of sp³-hybridized carbons (Fsp3) is 0.440. The predicted molar refractivity (Wildman–Crippen MR) is 140 cm³/mol. The molecule has 2 N–H and O–H groups in total. The number of amides is 1. The molecule has 2 aromatic rings. The van der Waals surface area contributed by atoms with Crippen LogP contribution in [0.25, 0.3) is 0 Å². The van der Waals surface area contributed by atoms with Crippen molar-refractivity contribution in [2.75, 3.05) is 33.2 Å². The number of fused-ring (bicyclic) bond motifs is 1. The molecule has 2 aliphatic heterocycles. The molecule has 1 saturated heterocycles. The summed E-state index contributed by atoms with van der Waals surface area (Å²) in [6.07, 6.45) is 3.07. The lowest BCUT2D eigenvalue weighted by atomic mass is 10.00. The van der Waals surface area contributed by atoms with Crippen molar-refractivity contribution in [1.82, 2.24) is 20.4 Å². The molecule has 7 heteroatoms. The van der Waals surface area contributed by atoms with Gasteiger partial charge in [0.2, 0.25) is 5.91 Å². The maximum Gasteiger partial charge on any atom is 0.242 e. The van der Waals surface area contributed by atoms with Crippen LogP contribution in [0.5, 0.6) is 0 Å². The van der Waals surface area contributed by atoms with Gasteiger partial charge < -0.3 is 15.5 Å². The average molecular weight is 547 g/mol. The van der Waals surface area contributed by atoms with Crippen LogP contribution in [0.15, 0.2) is 59.6 Å². The average Bonchev–Trinajstić information content (AvgIpc) is 2.83. The first-order chi connectivity index (χ1) is 15.2. The number of carbonyl (C=O) groups is 1. The lowest BCUT2D eigenvalue weighted by Crippen LogP contribution is -2.50. The van der Waals surface area contributed by atoms with Crippen molar-refractivity contribution in [3.8, 4) is 0 Å². The molecule has 172 valence electrons. The van der Waals surface area contributed by atoms with Crippen LogP contribution in [0.4, 0.5) is 0 Å². The third-order valence-corrected chi connectivity index (χ3v) is 6.29. The second-order valence-electron chi connectivity index (χ2n) is 8.44. The van der Waals surface area contributed by atoms with Gasteiger partial charge in [-0.15, -0.1) is 24.0 Å². The predicted octanol–water partition coefficient (Wildman–Crippen LogP) is 3.02. The molecule has 0 unspecified atom stereocenters. The molecule has 6 nitrogen and oxygen atoms in total. The molecule has 1 amide bonds. The van der Waals surface area contributed by atoms with Crippen molar-refractivity contribution in [3.05, 3.63) is 71.3 Å². The molecule has 0 aliphatic carbocycles. The molecular formula is C25H34IN5O. The van der Waals surface area contributed by atoms with E-state index in [-0.39, 0.29) is 36.4 Å². The van der Waals surface area contributed by atoms with Crippen LogP contribution in [-0.2, 0) is 24.3 Å². The Balaban J connectivity index is 0.00000289. The van der Waals surface area contributed by atoms with Crippen molar-refractivity contribution >= 4 is 35.8 Å². The molecule has 0 spiro atoms. The summed E-state index contributed by atoms with van der Waals surface area (Å²) in [6, 6.07) is 19.4. The molecule has 2 aromatic carbocycles. The largest absolute Gasteiger partial charge is 0.354 e. The minimum absolute atomic E-state index is 0. The summed E-state index contributed by atoms with van der Waals surface area (Å²) < 4.78 is 0. The van der Waals surface area contributed by atoms with Crippen LogP contribution in [0.2, 0.25) is 0 Å². The topological polar surface area (TPSA) is 60.0 Å². The number of rotatable bonds is 5. The van der Waals surface area contributed by atoms with Gasteiger partial charge in [0, 0.05) is 45.8 Å². The lowest BCUT2D eigenvalue weighted by molar-refractivity contribution is -0.130. The van der Waals surface area contributed by atoms with E-state index in [0.29, 0.717) is 18.5 Å². The summed E-state index contributed by atoms with van der Waals surface area (Å²) in [5.41, 5.74) is 3.98. The van der Waals surface area contributed by atoms with Crippen molar-refractivity contribution in [2.24, 2.45) is 4.99 Å². The summed E-state index contributed by atoms with van der Waals surface area (Å²) >= 11 is 0. The molecule has 0 atom stereocenters. The van der Waals surface area contributed by atoms with Crippen LogP contribution < -0.4 is 10.6 Å². The number of carbonyl (C=O) groups excluding carboxylic acids is 1. The zero-order valence-electron chi connectivity index (χ0n) is 18.8. The standard InChI is InChI=1S/C25H33N5O.HI/c1-26-25(27-17-24(31)30-16-11-21-9-5-6-10-22(21)19-30)28-23-12-14-29(15-13-23)18-20-7-3-2-4-8-20;/h2-10,23H,11-19H2,1H3,(H2,26,27,28);1H. The normalized spacial score (nSPS) is 17.3.